The van der Waals surface area contributed by atoms with E-state index in [0.717, 1.165) is 17.7 Å². The van der Waals surface area contributed by atoms with Crippen LogP contribution in [0.2, 0.25) is 0 Å². The van der Waals surface area contributed by atoms with Crippen LogP contribution < -0.4 is 15.8 Å². The molecule has 0 aliphatic carbocycles. The van der Waals surface area contributed by atoms with Crippen molar-refractivity contribution in [1.82, 2.24) is 5.32 Å². The molecule has 3 N–H and O–H groups in total. The molecule has 0 aliphatic heterocycles. The number of rotatable bonds is 7. The fourth-order valence-corrected chi connectivity index (χ4v) is 2.02. The monoisotopic (exact) mass is 264 g/mol. The average molecular weight is 264 g/mol. The summed E-state index contributed by atoms with van der Waals surface area (Å²) < 4.78 is 5.31. The van der Waals surface area contributed by atoms with Gasteiger partial charge in [-0.2, -0.15) is 0 Å². The first-order chi connectivity index (χ1) is 9.08. The van der Waals surface area contributed by atoms with Crippen LogP contribution in [-0.4, -0.2) is 25.6 Å². The number of carbonyl (C=O) groups is 1. The zero-order valence-corrected chi connectivity index (χ0v) is 12.0. The summed E-state index contributed by atoms with van der Waals surface area (Å²) in [6.07, 6.45) is 1.47. The van der Waals surface area contributed by atoms with Crippen LogP contribution in [0.4, 0.5) is 0 Å². The Morgan fingerprint density at radius 3 is 2.68 bits per heavy atom. The lowest BCUT2D eigenvalue weighted by Gasteiger charge is -2.18. The minimum absolute atomic E-state index is 0.0369. The molecule has 2 unspecified atom stereocenters. The molecule has 1 aromatic carbocycles. The Morgan fingerprint density at radius 2 is 2.05 bits per heavy atom. The van der Waals surface area contributed by atoms with E-state index < -0.39 is 0 Å². The van der Waals surface area contributed by atoms with Crippen LogP contribution in [-0.2, 0) is 11.2 Å². The maximum atomic E-state index is 11.9. The molecular weight excluding hydrogens is 240 g/mol. The molecular formula is C15H24N2O2. The number of benzene rings is 1. The van der Waals surface area contributed by atoms with Crippen LogP contribution in [0, 0.1) is 5.92 Å². The number of amides is 1. The number of para-hydroxylation sites is 1. The summed E-state index contributed by atoms with van der Waals surface area (Å²) in [5.74, 6) is 0.886. The van der Waals surface area contributed by atoms with Gasteiger partial charge in [-0.1, -0.05) is 25.1 Å². The van der Waals surface area contributed by atoms with Crippen molar-refractivity contribution >= 4 is 5.91 Å². The highest BCUT2D eigenvalue weighted by Gasteiger charge is 2.15. The number of carbonyl (C=O) groups excluding carboxylic acids is 1. The van der Waals surface area contributed by atoms with E-state index in [1.807, 2.05) is 38.1 Å². The van der Waals surface area contributed by atoms with Crippen molar-refractivity contribution in [3.05, 3.63) is 29.8 Å². The number of ether oxygens (including phenoxy) is 1. The molecule has 19 heavy (non-hydrogen) atoms. The topological polar surface area (TPSA) is 64.3 Å². The Bertz CT molecular complexity index is 407. The van der Waals surface area contributed by atoms with Gasteiger partial charge in [-0.05, 0) is 37.9 Å². The quantitative estimate of drug-likeness (QED) is 0.788. The minimum Gasteiger partial charge on any atom is -0.496 e. The fourth-order valence-electron chi connectivity index (χ4n) is 2.02. The van der Waals surface area contributed by atoms with Gasteiger partial charge in [0.05, 0.1) is 7.11 Å². The Morgan fingerprint density at radius 1 is 1.37 bits per heavy atom. The summed E-state index contributed by atoms with van der Waals surface area (Å²) >= 11 is 0. The van der Waals surface area contributed by atoms with Gasteiger partial charge in [0.15, 0.2) is 0 Å². The molecule has 1 aromatic rings. The van der Waals surface area contributed by atoms with Gasteiger partial charge in [-0.3, -0.25) is 4.79 Å². The van der Waals surface area contributed by atoms with Gasteiger partial charge in [0, 0.05) is 12.0 Å². The molecule has 0 radical (unpaired) electrons. The minimum atomic E-state index is -0.0369. The van der Waals surface area contributed by atoms with Gasteiger partial charge in [-0.15, -0.1) is 0 Å². The third-order valence-corrected chi connectivity index (χ3v) is 3.15. The Balaban J connectivity index is 2.55. The highest BCUT2D eigenvalue weighted by atomic mass is 16.5. The molecule has 0 bridgehead atoms. The first-order valence-electron chi connectivity index (χ1n) is 6.70. The molecule has 2 atom stereocenters. The second-order valence-corrected chi connectivity index (χ2v) is 4.90. The third-order valence-electron chi connectivity index (χ3n) is 3.15. The lowest BCUT2D eigenvalue weighted by atomic mass is 10.0. The largest absolute Gasteiger partial charge is 0.496 e. The van der Waals surface area contributed by atoms with Gasteiger partial charge in [0.1, 0.15) is 5.75 Å². The van der Waals surface area contributed by atoms with E-state index in [9.17, 15) is 4.79 Å². The maximum Gasteiger partial charge on any atom is 0.223 e. The standard InChI is InChI=1S/C15H24N2O2/c1-11(8-9-16)15(18)17-12(2)10-13-6-4-5-7-14(13)19-3/h4-7,11-12H,8-10,16H2,1-3H3,(H,17,18). The van der Waals surface area contributed by atoms with Crippen LogP contribution in [0.3, 0.4) is 0 Å². The molecule has 0 aliphatic rings. The zero-order chi connectivity index (χ0) is 14.3. The summed E-state index contributed by atoms with van der Waals surface area (Å²) in [5.41, 5.74) is 6.56. The number of nitrogens with one attached hydrogen (secondary N) is 1. The number of hydrogen-bond donors (Lipinski definition) is 2. The molecule has 0 saturated carbocycles. The molecule has 106 valence electrons. The first-order valence-corrected chi connectivity index (χ1v) is 6.70. The summed E-state index contributed by atoms with van der Waals surface area (Å²) in [7, 11) is 1.66. The molecule has 0 spiro atoms. The molecule has 0 saturated heterocycles. The number of nitrogens with two attached hydrogens (primary N) is 1. The van der Waals surface area contributed by atoms with E-state index in [0.29, 0.717) is 13.0 Å². The molecule has 0 aromatic heterocycles. The zero-order valence-electron chi connectivity index (χ0n) is 12.0. The predicted molar refractivity (Wildman–Crippen MR) is 77.1 cm³/mol. The number of methoxy groups -OCH3 is 1. The van der Waals surface area contributed by atoms with E-state index in [1.165, 1.54) is 0 Å². The van der Waals surface area contributed by atoms with E-state index in [1.54, 1.807) is 7.11 Å². The van der Waals surface area contributed by atoms with E-state index in [4.69, 9.17) is 10.5 Å². The van der Waals surface area contributed by atoms with Crippen LogP contribution >= 0.6 is 0 Å². The summed E-state index contributed by atoms with van der Waals surface area (Å²) in [4.78, 5) is 11.9. The Kier molecular flexibility index (Phi) is 6.36. The molecule has 4 heteroatoms. The lowest BCUT2D eigenvalue weighted by Crippen LogP contribution is -2.38. The van der Waals surface area contributed by atoms with Crippen molar-refractivity contribution in [2.45, 2.75) is 32.7 Å². The second kappa shape index (κ2) is 7.79. The maximum absolute atomic E-state index is 11.9. The highest BCUT2D eigenvalue weighted by molar-refractivity contribution is 5.78. The van der Waals surface area contributed by atoms with Gasteiger partial charge >= 0.3 is 0 Å². The fraction of sp³-hybridized carbons (Fsp3) is 0.533. The molecule has 1 amide bonds. The van der Waals surface area contributed by atoms with E-state index in [-0.39, 0.29) is 17.9 Å². The lowest BCUT2D eigenvalue weighted by molar-refractivity contribution is -0.125. The van der Waals surface area contributed by atoms with Gasteiger partial charge in [0.2, 0.25) is 5.91 Å². The van der Waals surface area contributed by atoms with Gasteiger partial charge in [-0.25, -0.2) is 0 Å². The average Bonchev–Trinajstić information content (AvgIpc) is 2.39. The molecule has 0 fully saturated rings. The van der Waals surface area contributed by atoms with Crippen molar-refractivity contribution in [3.63, 3.8) is 0 Å². The third kappa shape index (κ3) is 4.91. The normalized spacial score (nSPS) is 13.7. The summed E-state index contributed by atoms with van der Waals surface area (Å²) in [6, 6.07) is 7.94. The van der Waals surface area contributed by atoms with Gasteiger partial charge in [0.25, 0.3) is 0 Å². The molecule has 4 nitrogen and oxygen atoms in total. The first kappa shape index (κ1) is 15.5. The van der Waals surface area contributed by atoms with E-state index >= 15 is 0 Å². The summed E-state index contributed by atoms with van der Waals surface area (Å²) in [5, 5.41) is 3.01. The van der Waals surface area contributed by atoms with E-state index in [2.05, 4.69) is 5.32 Å². The smallest absolute Gasteiger partial charge is 0.223 e. The highest BCUT2D eigenvalue weighted by Crippen LogP contribution is 2.18. The van der Waals surface area contributed by atoms with Crippen molar-refractivity contribution in [2.75, 3.05) is 13.7 Å². The van der Waals surface area contributed by atoms with Crippen LogP contribution in [0.5, 0.6) is 5.75 Å². The van der Waals surface area contributed by atoms with Crippen LogP contribution in [0.15, 0.2) is 24.3 Å². The van der Waals surface area contributed by atoms with Crippen molar-refractivity contribution < 1.29 is 9.53 Å². The van der Waals surface area contributed by atoms with Crippen LogP contribution in [0.25, 0.3) is 0 Å². The molecule has 0 heterocycles. The second-order valence-electron chi connectivity index (χ2n) is 4.90. The van der Waals surface area contributed by atoms with Crippen molar-refractivity contribution in [1.29, 1.82) is 0 Å². The van der Waals surface area contributed by atoms with Gasteiger partial charge < -0.3 is 15.8 Å². The molecule has 1 rings (SSSR count). The Labute approximate surface area is 115 Å². The number of hydrogen-bond acceptors (Lipinski definition) is 3. The van der Waals surface area contributed by atoms with Crippen molar-refractivity contribution in [3.8, 4) is 5.75 Å². The summed E-state index contributed by atoms with van der Waals surface area (Å²) in [6.45, 7) is 4.44. The van der Waals surface area contributed by atoms with Crippen molar-refractivity contribution in [2.24, 2.45) is 11.7 Å². The SMILES string of the molecule is COc1ccccc1CC(C)NC(=O)C(C)CCN. The van der Waals surface area contributed by atoms with Crippen LogP contribution in [0.1, 0.15) is 25.8 Å². The Hall–Kier alpha value is -1.55. The predicted octanol–water partition coefficient (Wildman–Crippen LogP) is 1.73.